The van der Waals surface area contributed by atoms with Crippen LogP contribution >= 0.6 is 11.3 Å². The van der Waals surface area contributed by atoms with E-state index in [0.717, 1.165) is 40.2 Å². The van der Waals surface area contributed by atoms with Gasteiger partial charge in [0.1, 0.15) is 5.58 Å². The monoisotopic (exact) mass is 571 g/mol. The molecule has 43 heavy (non-hydrogen) atoms. The molecule has 2 aliphatic carbocycles. The highest BCUT2D eigenvalue weighted by atomic mass is 32.1. The lowest BCUT2D eigenvalue weighted by molar-refractivity contribution is 0.564. The van der Waals surface area contributed by atoms with E-state index in [9.17, 15) is 4.79 Å². The van der Waals surface area contributed by atoms with Crippen LogP contribution in [0, 0.1) is 0 Å². The van der Waals surface area contributed by atoms with E-state index in [-0.39, 0.29) is 5.63 Å². The van der Waals surface area contributed by atoms with Crippen LogP contribution in [-0.4, -0.2) is 0 Å². The molecule has 0 aliphatic heterocycles. The smallest absolute Gasteiger partial charge is 0.345 e. The standard InChI is InChI=1S/C39H25NO2S/c41-39-34(38-16-7-19-43-38)22-26-17-18-27(23-37(26)42-39)40(35-14-5-12-30-28-10-3-1-8-24(28)20-32(30)35)36-15-6-13-31-29-11-4-2-9-25(29)21-33(31)36/h1-19,22-23H,20-21H2. The van der Waals surface area contributed by atoms with Gasteiger partial charge in [0.15, 0.2) is 0 Å². The maximum Gasteiger partial charge on any atom is 0.345 e. The summed E-state index contributed by atoms with van der Waals surface area (Å²) in [5, 5.41) is 2.88. The van der Waals surface area contributed by atoms with Gasteiger partial charge in [-0.2, -0.15) is 0 Å². The number of fused-ring (bicyclic) bond motifs is 7. The van der Waals surface area contributed by atoms with Gasteiger partial charge in [0.25, 0.3) is 0 Å². The van der Waals surface area contributed by atoms with Crippen LogP contribution in [0.1, 0.15) is 22.3 Å². The van der Waals surface area contributed by atoms with Crippen LogP contribution in [0.2, 0.25) is 0 Å². The minimum absolute atomic E-state index is 0.314. The Kier molecular flexibility index (Phi) is 5.34. The highest BCUT2D eigenvalue weighted by Gasteiger charge is 2.29. The largest absolute Gasteiger partial charge is 0.422 e. The number of hydrogen-bond donors (Lipinski definition) is 0. The van der Waals surface area contributed by atoms with E-state index in [4.69, 9.17) is 4.42 Å². The quantitative estimate of drug-likeness (QED) is 0.197. The number of nitrogens with zero attached hydrogens (tertiary/aromatic N) is 1. The normalized spacial score (nSPS) is 12.6. The van der Waals surface area contributed by atoms with Crippen molar-refractivity contribution in [1.29, 1.82) is 0 Å². The molecule has 3 nitrogen and oxygen atoms in total. The summed E-state index contributed by atoms with van der Waals surface area (Å²) in [6.45, 7) is 0. The van der Waals surface area contributed by atoms with E-state index in [0.29, 0.717) is 11.1 Å². The third kappa shape index (κ3) is 3.77. The van der Waals surface area contributed by atoms with Crippen LogP contribution in [0.3, 0.4) is 0 Å². The first-order valence-electron chi connectivity index (χ1n) is 14.6. The first-order valence-corrected chi connectivity index (χ1v) is 15.4. The van der Waals surface area contributed by atoms with Crippen molar-refractivity contribution in [3.63, 3.8) is 0 Å². The Labute approximate surface area is 252 Å². The molecule has 5 aromatic carbocycles. The van der Waals surface area contributed by atoms with Gasteiger partial charge in [-0.25, -0.2) is 4.79 Å². The zero-order chi connectivity index (χ0) is 28.5. The second-order valence-corrected chi connectivity index (χ2v) is 12.2. The van der Waals surface area contributed by atoms with Crippen molar-refractivity contribution in [3.8, 4) is 32.7 Å². The molecule has 7 aromatic rings. The molecule has 0 bridgehead atoms. The van der Waals surface area contributed by atoms with Gasteiger partial charge in [-0.05, 0) is 86.3 Å². The number of rotatable bonds is 4. The molecule has 0 fully saturated rings. The molecule has 0 N–H and O–H groups in total. The Morgan fingerprint density at radius 2 is 1.21 bits per heavy atom. The first-order chi connectivity index (χ1) is 21.2. The van der Waals surface area contributed by atoms with Crippen molar-refractivity contribution in [2.24, 2.45) is 0 Å². The van der Waals surface area contributed by atoms with Gasteiger partial charge < -0.3 is 9.32 Å². The summed E-state index contributed by atoms with van der Waals surface area (Å²) in [4.78, 5) is 16.4. The molecule has 204 valence electrons. The summed E-state index contributed by atoms with van der Waals surface area (Å²) in [5.41, 5.74) is 14.6. The van der Waals surface area contributed by atoms with Gasteiger partial charge in [-0.1, -0.05) is 78.9 Å². The van der Waals surface area contributed by atoms with Crippen molar-refractivity contribution in [2.75, 3.05) is 4.90 Å². The minimum atomic E-state index is -0.314. The van der Waals surface area contributed by atoms with E-state index in [1.165, 1.54) is 44.5 Å². The molecule has 0 spiro atoms. The van der Waals surface area contributed by atoms with Crippen LogP contribution in [0.25, 0.3) is 43.7 Å². The summed E-state index contributed by atoms with van der Waals surface area (Å²) in [5.74, 6) is 0. The SMILES string of the molecule is O=c1oc2cc(N(c3cccc4c3Cc3ccccc3-4)c3cccc4c3Cc3ccccc3-4)ccc2cc1-c1cccs1. The highest BCUT2D eigenvalue weighted by Crippen LogP contribution is 2.49. The predicted octanol–water partition coefficient (Wildman–Crippen LogP) is 10.1. The lowest BCUT2D eigenvalue weighted by Gasteiger charge is -2.29. The third-order valence-corrected chi connectivity index (χ3v) is 9.80. The van der Waals surface area contributed by atoms with Crippen molar-refractivity contribution < 1.29 is 4.42 Å². The molecular weight excluding hydrogens is 547 g/mol. The Morgan fingerprint density at radius 1 is 0.581 bits per heavy atom. The van der Waals surface area contributed by atoms with E-state index < -0.39 is 0 Å². The second kappa shape index (κ2) is 9.41. The molecular formula is C39H25NO2S. The number of hydrogen-bond acceptors (Lipinski definition) is 4. The average Bonchev–Trinajstić information content (AvgIpc) is 3.79. The molecule has 2 aliphatic rings. The molecule has 0 amide bonds. The van der Waals surface area contributed by atoms with E-state index >= 15 is 0 Å². The summed E-state index contributed by atoms with van der Waals surface area (Å²) in [7, 11) is 0. The maximum absolute atomic E-state index is 13.1. The van der Waals surface area contributed by atoms with Gasteiger partial charge in [0.2, 0.25) is 0 Å². The fraction of sp³-hybridized carbons (Fsp3) is 0.0513. The Bertz CT molecular complexity index is 2180. The van der Waals surface area contributed by atoms with Gasteiger partial charge >= 0.3 is 5.63 Å². The molecule has 4 heteroatoms. The van der Waals surface area contributed by atoms with Gasteiger partial charge in [-0.15, -0.1) is 11.3 Å². The van der Waals surface area contributed by atoms with Crippen molar-refractivity contribution in [3.05, 3.63) is 159 Å². The first kappa shape index (κ1) is 24.4. The van der Waals surface area contributed by atoms with E-state index in [2.05, 4.69) is 102 Å². The molecule has 0 saturated carbocycles. The zero-order valence-corrected chi connectivity index (χ0v) is 24.0. The minimum Gasteiger partial charge on any atom is -0.422 e. The molecule has 0 radical (unpaired) electrons. The van der Waals surface area contributed by atoms with E-state index in [1.54, 1.807) is 11.3 Å². The van der Waals surface area contributed by atoms with Gasteiger partial charge in [0, 0.05) is 34.9 Å². The highest BCUT2D eigenvalue weighted by molar-refractivity contribution is 7.13. The fourth-order valence-corrected chi connectivity index (χ4v) is 7.68. The summed E-state index contributed by atoms with van der Waals surface area (Å²) in [6.07, 6.45) is 1.75. The lowest BCUT2D eigenvalue weighted by atomic mass is 10.00. The number of thiophene rings is 1. The summed E-state index contributed by atoms with van der Waals surface area (Å²) < 4.78 is 5.99. The maximum atomic E-state index is 13.1. The van der Waals surface area contributed by atoms with Crippen LogP contribution < -0.4 is 10.5 Å². The van der Waals surface area contributed by atoms with Crippen LogP contribution in [0.4, 0.5) is 17.1 Å². The summed E-state index contributed by atoms with van der Waals surface area (Å²) in [6, 6.07) is 42.8. The fourth-order valence-electron chi connectivity index (χ4n) is 6.95. The van der Waals surface area contributed by atoms with E-state index in [1.807, 2.05) is 29.6 Å². The Hall–Kier alpha value is -5.19. The van der Waals surface area contributed by atoms with Crippen LogP contribution in [0.5, 0.6) is 0 Å². The van der Waals surface area contributed by atoms with Crippen LogP contribution in [0.15, 0.2) is 136 Å². The Balaban J connectivity index is 1.27. The van der Waals surface area contributed by atoms with Crippen molar-refractivity contribution >= 4 is 39.4 Å². The molecule has 2 heterocycles. The van der Waals surface area contributed by atoms with Gasteiger partial charge in [0.05, 0.1) is 16.9 Å². The number of anilines is 3. The van der Waals surface area contributed by atoms with Crippen molar-refractivity contribution in [1.82, 2.24) is 0 Å². The van der Waals surface area contributed by atoms with Crippen molar-refractivity contribution in [2.45, 2.75) is 12.8 Å². The predicted molar refractivity (Wildman–Crippen MR) is 177 cm³/mol. The zero-order valence-electron chi connectivity index (χ0n) is 23.2. The summed E-state index contributed by atoms with van der Waals surface area (Å²) >= 11 is 1.55. The Morgan fingerprint density at radius 3 is 1.84 bits per heavy atom. The second-order valence-electron chi connectivity index (χ2n) is 11.3. The molecule has 0 saturated heterocycles. The molecule has 2 aromatic heterocycles. The third-order valence-electron chi connectivity index (χ3n) is 8.90. The number of benzene rings is 5. The van der Waals surface area contributed by atoms with Gasteiger partial charge in [-0.3, -0.25) is 0 Å². The molecule has 0 atom stereocenters. The lowest BCUT2D eigenvalue weighted by Crippen LogP contribution is -2.14. The van der Waals surface area contributed by atoms with Crippen LogP contribution in [-0.2, 0) is 12.8 Å². The molecule has 9 rings (SSSR count). The topological polar surface area (TPSA) is 33.5 Å². The molecule has 0 unspecified atom stereocenters. The average molecular weight is 572 g/mol.